The van der Waals surface area contributed by atoms with Crippen LogP contribution in [0, 0.1) is 5.92 Å². The van der Waals surface area contributed by atoms with Crippen LogP contribution in [0.4, 0.5) is 5.69 Å². The molecular formula is C20H30IN5OS. The molecule has 6 nitrogen and oxygen atoms in total. The number of rotatable bonds is 8. The Bertz CT molecular complexity index is 777. The number of carbonyl (C=O) groups is 1. The van der Waals surface area contributed by atoms with E-state index in [-0.39, 0.29) is 35.8 Å². The standard InChI is InChI=1S/C20H29N5OS.HI/c1-5-14(3)19(26)25-16-9-7-8-15(10-16)11-23-20(21-4)24-13-18-22-12-17(6-2)27-18;/h7-10,12,14H,5-6,11,13H2,1-4H3,(H,25,26)(H2,21,23,24);1H. The Hall–Kier alpha value is -1.68. The van der Waals surface area contributed by atoms with Gasteiger partial charge in [0.15, 0.2) is 5.96 Å². The molecule has 0 saturated heterocycles. The second-order valence-electron chi connectivity index (χ2n) is 6.35. The van der Waals surface area contributed by atoms with Gasteiger partial charge in [0.1, 0.15) is 5.01 Å². The third-order valence-corrected chi connectivity index (χ3v) is 5.44. The van der Waals surface area contributed by atoms with Crippen LogP contribution in [-0.4, -0.2) is 23.9 Å². The first-order valence-electron chi connectivity index (χ1n) is 9.33. The maximum atomic E-state index is 12.0. The largest absolute Gasteiger partial charge is 0.352 e. The van der Waals surface area contributed by atoms with Crippen molar-refractivity contribution < 1.29 is 4.79 Å². The van der Waals surface area contributed by atoms with E-state index in [0.717, 1.165) is 35.1 Å². The van der Waals surface area contributed by atoms with Crippen LogP contribution >= 0.6 is 35.3 Å². The molecule has 3 N–H and O–H groups in total. The second kappa shape index (κ2) is 12.7. The average molecular weight is 515 g/mol. The number of aliphatic imine (C=N–C) groups is 1. The normalized spacial score (nSPS) is 12.1. The molecule has 28 heavy (non-hydrogen) atoms. The van der Waals surface area contributed by atoms with Gasteiger partial charge in [-0.25, -0.2) is 4.98 Å². The number of carbonyl (C=O) groups excluding carboxylic acids is 1. The van der Waals surface area contributed by atoms with Gasteiger partial charge in [-0.1, -0.05) is 32.9 Å². The van der Waals surface area contributed by atoms with Crippen LogP contribution in [0.2, 0.25) is 0 Å². The van der Waals surface area contributed by atoms with Crippen molar-refractivity contribution in [3.8, 4) is 0 Å². The molecule has 1 atom stereocenters. The SMILES string of the molecule is CCc1cnc(CNC(=NC)NCc2cccc(NC(=O)C(C)CC)c2)s1.I. The average Bonchev–Trinajstić information content (AvgIpc) is 3.15. The smallest absolute Gasteiger partial charge is 0.227 e. The molecule has 2 rings (SSSR count). The number of halogens is 1. The number of amides is 1. The van der Waals surface area contributed by atoms with E-state index >= 15 is 0 Å². The topological polar surface area (TPSA) is 78.4 Å². The highest BCUT2D eigenvalue weighted by atomic mass is 127. The predicted octanol–water partition coefficient (Wildman–Crippen LogP) is 4.17. The molecule has 0 saturated carbocycles. The van der Waals surface area contributed by atoms with Gasteiger partial charge in [0.2, 0.25) is 5.91 Å². The van der Waals surface area contributed by atoms with E-state index in [4.69, 9.17) is 0 Å². The van der Waals surface area contributed by atoms with Crippen molar-refractivity contribution in [1.82, 2.24) is 15.6 Å². The Labute approximate surface area is 188 Å². The molecule has 1 amide bonds. The first-order chi connectivity index (χ1) is 13.0. The Kier molecular flexibility index (Phi) is 11.1. The number of thiazole rings is 1. The zero-order chi connectivity index (χ0) is 19.6. The first kappa shape index (κ1) is 24.4. The lowest BCUT2D eigenvalue weighted by Gasteiger charge is -2.13. The van der Waals surface area contributed by atoms with Gasteiger partial charge in [0, 0.05) is 36.3 Å². The first-order valence-corrected chi connectivity index (χ1v) is 10.1. The Morgan fingerprint density at radius 1 is 1.25 bits per heavy atom. The Morgan fingerprint density at radius 3 is 2.64 bits per heavy atom. The number of hydrogen-bond acceptors (Lipinski definition) is 4. The molecule has 0 spiro atoms. The number of aromatic nitrogens is 1. The number of aryl methyl sites for hydroxylation is 1. The van der Waals surface area contributed by atoms with Gasteiger partial charge in [-0.05, 0) is 30.5 Å². The second-order valence-corrected chi connectivity index (χ2v) is 7.55. The van der Waals surface area contributed by atoms with Crippen molar-refractivity contribution in [2.75, 3.05) is 12.4 Å². The molecule has 154 valence electrons. The fourth-order valence-electron chi connectivity index (χ4n) is 2.37. The number of guanidine groups is 1. The van der Waals surface area contributed by atoms with Crippen molar-refractivity contribution >= 4 is 52.9 Å². The molecule has 1 aromatic heterocycles. The summed E-state index contributed by atoms with van der Waals surface area (Å²) in [6.07, 6.45) is 3.76. The summed E-state index contributed by atoms with van der Waals surface area (Å²) in [4.78, 5) is 22.0. The van der Waals surface area contributed by atoms with E-state index in [1.54, 1.807) is 18.4 Å². The lowest BCUT2D eigenvalue weighted by molar-refractivity contribution is -0.119. The van der Waals surface area contributed by atoms with Crippen molar-refractivity contribution in [3.63, 3.8) is 0 Å². The third kappa shape index (κ3) is 7.75. The lowest BCUT2D eigenvalue weighted by Crippen LogP contribution is -2.36. The van der Waals surface area contributed by atoms with Gasteiger partial charge in [0.05, 0.1) is 6.54 Å². The van der Waals surface area contributed by atoms with Crippen LogP contribution in [0.1, 0.15) is 42.6 Å². The molecule has 0 aliphatic heterocycles. The zero-order valence-electron chi connectivity index (χ0n) is 16.9. The molecule has 1 heterocycles. The van der Waals surface area contributed by atoms with Crippen molar-refractivity contribution in [2.24, 2.45) is 10.9 Å². The zero-order valence-corrected chi connectivity index (χ0v) is 20.1. The number of nitrogens with zero attached hydrogens (tertiary/aromatic N) is 2. The summed E-state index contributed by atoms with van der Waals surface area (Å²) in [5.74, 6) is 0.779. The molecule has 0 fully saturated rings. The van der Waals surface area contributed by atoms with Gasteiger partial charge < -0.3 is 16.0 Å². The van der Waals surface area contributed by atoms with E-state index in [2.05, 4.69) is 32.9 Å². The quantitative estimate of drug-likeness (QED) is 0.280. The van der Waals surface area contributed by atoms with Crippen LogP contribution < -0.4 is 16.0 Å². The molecule has 1 unspecified atom stereocenters. The highest BCUT2D eigenvalue weighted by Crippen LogP contribution is 2.14. The minimum absolute atomic E-state index is 0. The van der Waals surface area contributed by atoms with Gasteiger partial charge in [0.25, 0.3) is 0 Å². The minimum atomic E-state index is 0. The molecule has 0 aliphatic carbocycles. The molecule has 0 aliphatic rings. The summed E-state index contributed by atoms with van der Waals surface area (Å²) < 4.78 is 0. The molecule has 8 heteroatoms. The van der Waals surface area contributed by atoms with Crippen LogP contribution in [0.5, 0.6) is 0 Å². The third-order valence-electron chi connectivity index (χ3n) is 4.30. The predicted molar refractivity (Wildman–Crippen MR) is 128 cm³/mol. The lowest BCUT2D eigenvalue weighted by atomic mass is 10.1. The van der Waals surface area contributed by atoms with E-state index in [9.17, 15) is 4.79 Å². The number of nitrogens with one attached hydrogen (secondary N) is 3. The van der Waals surface area contributed by atoms with E-state index < -0.39 is 0 Å². The molecule has 0 radical (unpaired) electrons. The Morgan fingerprint density at radius 2 is 2.00 bits per heavy atom. The number of benzene rings is 1. The monoisotopic (exact) mass is 515 g/mol. The van der Waals surface area contributed by atoms with Crippen molar-refractivity contribution in [1.29, 1.82) is 0 Å². The van der Waals surface area contributed by atoms with Crippen molar-refractivity contribution in [3.05, 3.63) is 45.9 Å². The molecule has 2 aromatic rings. The maximum Gasteiger partial charge on any atom is 0.227 e. The highest BCUT2D eigenvalue weighted by molar-refractivity contribution is 14.0. The summed E-state index contributed by atoms with van der Waals surface area (Å²) in [7, 11) is 1.75. The number of hydrogen-bond donors (Lipinski definition) is 3. The van der Waals surface area contributed by atoms with Crippen molar-refractivity contribution in [2.45, 2.75) is 46.7 Å². The van der Waals surface area contributed by atoms with E-state index in [1.807, 2.05) is 44.3 Å². The summed E-state index contributed by atoms with van der Waals surface area (Å²) in [6.45, 7) is 7.34. The van der Waals surface area contributed by atoms with Crippen LogP contribution in [0.25, 0.3) is 0 Å². The highest BCUT2D eigenvalue weighted by Gasteiger charge is 2.10. The van der Waals surface area contributed by atoms with Gasteiger partial charge in [-0.15, -0.1) is 35.3 Å². The molecule has 0 bridgehead atoms. The molecular weight excluding hydrogens is 485 g/mol. The van der Waals surface area contributed by atoms with E-state index in [1.165, 1.54) is 4.88 Å². The van der Waals surface area contributed by atoms with Crippen LogP contribution in [0.15, 0.2) is 35.5 Å². The van der Waals surface area contributed by atoms with Gasteiger partial charge >= 0.3 is 0 Å². The fraction of sp³-hybridized carbons (Fsp3) is 0.450. The number of anilines is 1. The summed E-state index contributed by atoms with van der Waals surface area (Å²) >= 11 is 1.71. The maximum absolute atomic E-state index is 12.0. The van der Waals surface area contributed by atoms with Gasteiger partial charge in [-0.3, -0.25) is 9.79 Å². The van der Waals surface area contributed by atoms with Crippen LogP contribution in [-0.2, 0) is 24.3 Å². The summed E-state index contributed by atoms with van der Waals surface area (Å²) in [5, 5.41) is 10.6. The minimum Gasteiger partial charge on any atom is -0.352 e. The van der Waals surface area contributed by atoms with Crippen LogP contribution in [0.3, 0.4) is 0 Å². The fourth-order valence-corrected chi connectivity index (χ4v) is 3.17. The van der Waals surface area contributed by atoms with Gasteiger partial charge in [-0.2, -0.15) is 0 Å². The molecule has 1 aromatic carbocycles. The summed E-state index contributed by atoms with van der Waals surface area (Å²) in [6, 6.07) is 7.86. The summed E-state index contributed by atoms with van der Waals surface area (Å²) in [5.41, 5.74) is 1.89. The van der Waals surface area contributed by atoms with E-state index in [0.29, 0.717) is 13.1 Å². The Balaban J connectivity index is 0.00000392.